The van der Waals surface area contributed by atoms with E-state index in [1.165, 1.54) is 11.3 Å². The Bertz CT molecular complexity index is 313. The minimum atomic E-state index is -0.0150. The first-order valence-electron chi connectivity index (χ1n) is 4.67. The van der Waals surface area contributed by atoms with E-state index in [9.17, 15) is 0 Å². The van der Waals surface area contributed by atoms with Crippen molar-refractivity contribution in [1.29, 1.82) is 0 Å². The first-order chi connectivity index (χ1) is 7.19. The Morgan fingerprint density at radius 2 is 2.53 bits per heavy atom. The molecule has 0 amide bonds. The van der Waals surface area contributed by atoms with Crippen LogP contribution in [0.25, 0.3) is 0 Å². The Morgan fingerprint density at radius 3 is 3.00 bits per heavy atom. The molecule has 0 saturated heterocycles. The second kappa shape index (κ2) is 5.50. The summed E-state index contributed by atoms with van der Waals surface area (Å²) in [4.78, 5) is 2.04. The fourth-order valence-corrected chi connectivity index (χ4v) is 1.81. The van der Waals surface area contributed by atoms with Crippen LogP contribution in [0.1, 0.15) is 13.8 Å². The average molecular weight is 229 g/mol. The van der Waals surface area contributed by atoms with Gasteiger partial charge in [0, 0.05) is 19.0 Å². The van der Waals surface area contributed by atoms with Gasteiger partial charge >= 0.3 is 0 Å². The van der Waals surface area contributed by atoms with Gasteiger partial charge in [-0.25, -0.2) is 0 Å². The summed E-state index contributed by atoms with van der Waals surface area (Å²) in [6.07, 6.45) is 0. The second-order valence-corrected chi connectivity index (χ2v) is 4.00. The Hall–Kier alpha value is -1.37. The van der Waals surface area contributed by atoms with Crippen LogP contribution in [0.15, 0.2) is 10.7 Å². The van der Waals surface area contributed by atoms with Crippen molar-refractivity contribution in [2.45, 2.75) is 13.8 Å². The summed E-state index contributed by atoms with van der Waals surface area (Å²) >= 11 is 1.48. The fraction of sp³-hybridized carbons (Fsp3) is 0.625. The molecule has 0 aromatic carbocycles. The maximum atomic E-state index is 8.54. The van der Waals surface area contributed by atoms with Gasteiger partial charge in [0.1, 0.15) is 11.3 Å². The van der Waals surface area contributed by atoms with Crippen LogP contribution in [-0.4, -0.2) is 34.3 Å². The van der Waals surface area contributed by atoms with E-state index in [2.05, 4.69) is 15.4 Å². The number of oxime groups is 1. The predicted octanol–water partition coefficient (Wildman–Crippen LogP) is 0.747. The maximum absolute atomic E-state index is 8.54. The van der Waals surface area contributed by atoms with Crippen molar-refractivity contribution in [1.82, 2.24) is 10.2 Å². The summed E-state index contributed by atoms with van der Waals surface area (Å²) < 4.78 is 0. The van der Waals surface area contributed by atoms with Gasteiger partial charge < -0.3 is 15.8 Å². The summed E-state index contributed by atoms with van der Waals surface area (Å²) in [7, 11) is 0. The number of hydrogen-bond donors (Lipinski definition) is 2. The third kappa shape index (κ3) is 3.05. The number of nitrogens with two attached hydrogens (primary N) is 1. The molecule has 0 aliphatic rings. The van der Waals surface area contributed by atoms with Gasteiger partial charge in [0.05, 0.1) is 0 Å². The summed E-state index contributed by atoms with van der Waals surface area (Å²) in [5.74, 6) is 0.219. The quantitative estimate of drug-likeness (QED) is 0.336. The van der Waals surface area contributed by atoms with E-state index in [0.717, 1.165) is 11.7 Å². The summed E-state index contributed by atoms with van der Waals surface area (Å²) in [5, 5.41) is 20.1. The molecule has 1 rings (SSSR count). The summed E-state index contributed by atoms with van der Waals surface area (Å²) in [6.45, 7) is 5.42. The van der Waals surface area contributed by atoms with Crippen molar-refractivity contribution in [3.05, 3.63) is 5.51 Å². The topological polar surface area (TPSA) is 87.6 Å². The van der Waals surface area contributed by atoms with Crippen LogP contribution in [0.4, 0.5) is 5.13 Å². The van der Waals surface area contributed by atoms with Crippen molar-refractivity contribution < 1.29 is 5.21 Å². The van der Waals surface area contributed by atoms with E-state index in [1.54, 1.807) is 5.51 Å². The number of amidine groups is 1. The van der Waals surface area contributed by atoms with Gasteiger partial charge in [-0.1, -0.05) is 23.4 Å². The van der Waals surface area contributed by atoms with Gasteiger partial charge in [0.25, 0.3) is 0 Å². The summed E-state index contributed by atoms with van der Waals surface area (Å²) in [6, 6.07) is 0. The van der Waals surface area contributed by atoms with Crippen LogP contribution in [0.5, 0.6) is 0 Å². The van der Waals surface area contributed by atoms with Crippen molar-refractivity contribution in [2.24, 2.45) is 16.8 Å². The molecule has 1 heterocycles. The van der Waals surface area contributed by atoms with Gasteiger partial charge in [0.15, 0.2) is 0 Å². The number of aromatic nitrogens is 2. The van der Waals surface area contributed by atoms with Crippen LogP contribution in [0.2, 0.25) is 0 Å². The van der Waals surface area contributed by atoms with Crippen molar-refractivity contribution in [3.8, 4) is 0 Å². The fourth-order valence-electron chi connectivity index (χ4n) is 1.17. The lowest BCUT2D eigenvalue weighted by Gasteiger charge is -2.22. The molecule has 1 unspecified atom stereocenters. The Labute approximate surface area is 92.4 Å². The first-order valence-corrected chi connectivity index (χ1v) is 5.55. The molecule has 15 heavy (non-hydrogen) atoms. The zero-order valence-electron chi connectivity index (χ0n) is 8.79. The lowest BCUT2D eigenvalue weighted by Crippen LogP contribution is -2.34. The van der Waals surface area contributed by atoms with E-state index in [0.29, 0.717) is 6.54 Å². The molecular weight excluding hydrogens is 214 g/mol. The smallest absolute Gasteiger partial charge is 0.208 e. The number of hydrogen-bond acceptors (Lipinski definition) is 6. The molecule has 0 aliphatic heterocycles. The second-order valence-electron chi connectivity index (χ2n) is 3.19. The zero-order chi connectivity index (χ0) is 11.3. The zero-order valence-corrected chi connectivity index (χ0v) is 9.61. The highest BCUT2D eigenvalue weighted by molar-refractivity contribution is 7.13. The molecule has 0 aliphatic carbocycles. The van der Waals surface area contributed by atoms with Crippen LogP contribution < -0.4 is 10.6 Å². The van der Waals surface area contributed by atoms with Gasteiger partial charge in [-0.2, -0.15) is 0 Å². The highest BCUT2D eigenvalue weighted by atomic mass is 32.1. The SMILES string of the molecule is CCN(CC(C)C(N)=NO)c1nncs1. The predicted molar refractivity (Wildman–Crippen MR) is 60.4 cm³/mol. The Morgan fingerprint density at radius 1 is 1.80 bits per heavy atom. The van der Waals surface area contributed by atoms with Crippen molar-refractivity contribution in [3.63, 3.8) is 0 Å². The van der Waals surface area contributed by atoms with Gasteiger partial charge in [-0.3, -0.25) is 0 Å². The first kappa shape index (κ1) is 11.7. The average Bonchev–Trinajstić information content (AvgIpc) is 2.77. The molecular formula is C8H15N5OS. The number of rotatable bonds is 5. The molecule has 0 spiro atoms. The van der Waals surface area contributed by atoms with Crippen molar-refractivity contribution in [2.75, 3.05) is 18.0 Å². The molecule has 1 aromatic rings. The van der Waals surface area contributed by atoms with Crippen molar-refractivity contribution >= 4 is 22.3 Å². The molecule has 0 saturated carbocycles. The lowest BCUT2D eigenvalue weighted by atomic mass is 10.1. The van der Waals surface area contributed by atoms with Crippen LogP contribution in [0, 0.1) is 5.92 Å². The standard InChI is InChI=1S/C8H15N5OS/c1-3-13(8-11-10-5-15-8)4-6(2)7(9)12-14/h5-6,14H,3-4H2,1-2H3,(H2,9,12). The van der Waals surface area contributed by atoms with E-state index >= 15 is 0 Å². The lowest BCUT2D eigenvalue weighted by molar-refractivity contribution is 0.314. The van der Waals surface area contributed by atoms with Crippen LogP contribution in [-0.2, 0) is 0 Å². The Kier molecular flexibility index (Phi) is 4.29. The van der Waals surface area contributed by atoms with Gasteiger partial charge in [-0.15, -0.1) is 10.2 Å². The number of nitrogens with zero attached hydrogens (tertiary/aromatic N) is 4. The van der Waals surface area contributed by atoms with E-state index in [4.69, 9.17) is 10.9 Å². The minimum absolute atomic E-state index is 0.0150. The molecule has 3 N–H and O–H groups in total. The normalized spacial score (nSPS) is 13.9. The molecule has 7 heteroatoms. The molecule has 1 atom stereocenters. The van der Waals surface area contributed by atoms with E-state index in [-0.39, 0.29) is 11.8 Å². The molecule has 84 valence electrons. The maximum Gasteiger partial charge on any atom is 0.208 e. The van der Waals surface area contributed by atoms with Gasteiger partial charge in [-0.05, 0) is 6.92 Å². The minimum Gasteiger partial charge on any atom is -0.409 e. The van der Waals surface area contributed by atoms with Crippen LogP contribution >= 0.6 is 11.3 Å². The monoisotopic (exact) mass is 229 g/mol. The third-order valence-corrected chi connectivity index (χ3v) is 2.87. The number of anilines is 1. The molecule has 1 aromatic heterocycles. The molecule has 0 fully saturated rings. The van der Waals surface area contributed by atoms with E-state index in [1.807, 2.05) is 18.7 Å². The van der Waals surface area contributed by atoms with Crippen LogP contribution in [0.3, 0.4) is 0 Å². The third-order valence-electron chi connectivity index (χ3n) is 2.12. The van der Waals surface area contributed by atoms with E-state index < -0.39 is 0 Å². The molecule has 6 nitrogen and oxygen atoms in total. The summed E-state index contributed by atoms with van der Waals surface area (Å²) in [5.41, 5.74) is 7.20. The Balaban J connectivity index is 2.62. The largest absolute Gasteiger partial charge is 0.409 e. The highest BCUT2D eigenvalue weighted by Crippen LogP contribution is 2.16. The highest BCUT2D eigenvalue weighted by Gasteiger charge is 2.14. The molecule has 0 bridgehead atoms. The molecule has 0 radical (unpaired) electrons. The van der Waals surface area contributed by atoms with Gasteiger partial charge in [0.2, 0.25) is 5.13 Å².